The number of rotatable bonds is 8. The highest BCUT2D eigenvalue weighted by atomic mass is 16.5. The first-order valence-electron chi connectivity index (χ1n) is 10.8. The molecule has 2 aromatic carbocycles. The van der Waals surface area contributed by atoms with Crippen LogP contribution in [0.2, 0.25) is 0 Å². The van der Waals surface area contributed by atoms with E-state index < -0.39 is 0 Å². The van der Waals surface area contributed by atoms with Gasteiger partial charge in [0.2, 0.25) is 0 Å². The molecule has 158 valence electrons. The van der Waals surface area contributed by atoms with Crippen molar-refractivity contribution < 1.29 is 14.3 Å². The van der Waals surface area contributed by atoms with Gasteiger partial charge in [-0.25, -0.2) is 0 Å². The number of hydrogen-bond donors (Lipinski definition) is 0. The molecular formula is C26H31NO3. The zero-order chi connectivity index (χ0) is 21.3. The lowest BCUT2D eigenvalue weighted by atomic mass is 9.94. The SMILES string of the molecule is CCCN1C/C(=C\c2ccc(OCC)cc2)C(=O)/C(=C/c2ccc(OCC)cc2)C1. The van der Waals surface area contributed by atoms with Gasteiger partial charge in [-0.15, -0.1) is 0 Å². The van der Waals surface area contributed by atoms with Crippen molar-refractivity contribution in [2.45, 2.75) is 27.2 Å². The Hall–Kier alpha value is -2.85. The molecule has 0 saturated carbocycles. The van der Waals surface area contributed by atoms with Crippen molar-refractivity contribution >= 4 is 17.9 Å². The van der Waals surface area contributed by atoms with Crippen LogP contribution in [0, 0.1) is 0 Å². The minimum Gasteiger partial charge on any atom is -0.494 e. The molecule has 1 aliphatic heterocycles. The number of ether oxygens (including phenoxy) is 2. The zero-order valence-corrected chi connectivity index (χ0v) is 18.2. The molecule has 4 nitrogen and oxygen atoms in total. The average Bonchev–Trinajstić information content (AvgIpc) is 2.75. The fourth-order valence-electron chi connectivity index (χ4n) is 3.64. The van der Waals surface area contributed by atoms with Gasteiger partial charge in [0.1, 0.15) is 11.5 Å². The molecule has 0 amide bonds. The van der Waals surface area contributed by atoms with Crippen molar-refractivity contribution in [2.75, 3.05) is 32.8 Å². The third-order valence-corrected chi connectivity index (χ3v) is 4.98. The summed E-state index contributed by atoms with van der Waals surface area (Å²) in [6.07, 6.45) is 5.07. The van der Waals surface area contributed by atoms with Crippen LogP contribution >= 0.6 is 0 Å². The maximum absolute atomic E-state index is 13.2. The largest absolute Gasteiger partial charge is 0.494 e. The summed E-state index contributed by atoms with van der Waals surface area (Å²) in [5, 5.41) is 0. The van der Waals surface area contributed by atoms with E-state index in [0.717, 1.165) is 46.7 Å². The highest BCUT2D eigenvalue weighted by Crippen LogP contribution is 2.24. The molecule has 1 aliphatic rings. The van der Waals surface area contributed by atoms with E-state index in [4.69, 9.17) is 9.47 Å². The normalized spacial score (nSPS) is 17.5. The summed E-state index contributed by atoms with van der Waals surface area (Å²) in [5.74, 6) is 1.82. The minimum atomic E-state index is 0.130. The van der Waals surface area contributed by atoms with Gasteiger partial charge < -0.3 is 9.47 Å². The zero-order valence-electron chi connectivity index (χ0n) is 18.2. The Morgan fingerprint density at radius 1 is 0.767 bits per heavy atom. The molecule has 2 aromatic rings. The molecular weight excluding hydrogens is 374 g/mol. The van der Waals surface area contributed by atoms with Crippen LogP contribution in [0.5, 0.6) is 11.5 Å². The Bertz CT molecular complexity index is 823. The quantitative estimate of drug-likeness (QED) is 0.563. The van der Waals surface area contributed by atoms with E-state index in [0.29, 0.717) is 26.3 Å². The van der Waals surface area contributed by atoms with Crippen LogP contribution in [0.15, 0.2) is 59.7 Å². The monoisotopic (exact) mass is 405 g/mol. The van der Waals surface area contributed by atoms with Gasteiger partial charge >= 0.3 is 0 Å². The summed E-state index contributed by atoms with van der Waals surface area (Å²) in [6.45, 7) is 9.72. The molecule has 1 fully saturated rings. The summed E-state index contributed by atoms with van der Waals surface area (Å²) in [5.41, 5.74) is 3.69. The summed E-state index contributed by atoms with van der Waals surface area (Å²) >= 11 is 0. The van der Waals surface area contributed by atoms with Gasteiger partial charge in [-0.2, -0.15) is 0 Å². The topological polar surface area (TPSA) is 38.8 Å². The van der Waals surface area contributed by atoms with Crippen LogP contribution in [0.25, 0.3) is 12.2 Å². The predicted octanol–water partition coefficient (Wildman–Crippen LogP) is 5.25. The Balaban J connectivity index is 1.85. The molecule has 30 heavy (non-hydrogen) atoms. The van der Waals surface area contributed by atoms with E-state index in [1.807, 2.05) is 74.5 Å². The second-order valence-corrected chi connectivity index (χ2v) is 7.38. The molecule has 0 N–H and O–H groups in total. The first-order valence-corrected chi connectivity index (χ1v) is 10.8. The fourth-order valence-corrected chi connectivity index (χ4v) is 3.64. The maximum atomic E-state index is 13.2. The van der Waals surface area contributed by atoms with Crippen LogP contribution in [0.3, 0.4) is 0 Å². The number of ketones is 1. The van der Waals surface area contributed by atoms with Crippen molar-refractivity contribution in [3.8, 4) is 11.5 Å². The maximum Gasteiger partial charge on any atom is 0.187 e. The Morgan fingerprint density at radius 2 is 1.20 bits per heavy atom. The van der Waals surface area contributed by atoms with Crippen molar-refractivity contribution in [3.63, 3.8) is 0 Å². The van der Waals surface area contributed by atoms with Gasteiger partial charge in [0.25, 0.3) is 0 Å². The lowest BCUT2D eigenvalue weighted by molar-refractivity contribution is -0.113. The lowest BCUT2D eigenvalue weighted by Gasteiger charge is -2.29. The molecule has 4 heteroatoms. The third-order valence-electron chi connectivity index (χ3n) is 4.98. The number of Topliss-reactive ketones (excluding diaryl/α,β-unsaturated/α-hetero) is 1. The molecule has 0 aliphatic carbocycles. The Kier molecular flexibility index (Phi) is 7.86. The molecule has 0 bridgehead atoms. The van der Waals surface area contributed by atoms with Crippen molar-refractivity contribution in [3.05, 3.63) is 70.8 Å². The van der Waals surface area contributed by atoms with E-state index in [1.54, 1.807) is 0 Å². The number of likely N-dealkylation sites (tertiary alicyclic amines) is 1. The van der Waals surface area contributed by atoms with Crippen molar-refractivity contribution in [2.24, 2.45) is 0 Å². The highest BCUT2D eigenvalue weighted by Gasteiger charge is 2.25. The van der Waals surface area contributed by atoms with E-state index >= 15 is 0 Å². The second kappa shape index (κ2) is 10.8. The first-order chi connectivity index (χ1) is 14.6. The molecule has 0 aromatic heterocycles. The van der Waals surface area contributed by atoms with E-state index in [-0.39, 0.29) is 5.78 Å². The predicted molar refractivity (Wildman–Crippen MR) is 123 cm³/mol. The van der Waals surface area contributed by atoms with E-state index in [1.165, 1.54) is 0 Å². The smallest absolute Gasteiger partial charge is 0.187 e. The minimum absolute atomic E-state index is 0.130. The number of benzene rings is 2. The Labute approximate surface area is 179 Å². The number of nitrogens with zero attached hydrogens (tertiary/aromatic N) is 1. The standard InChI is InChI=1S/C26H31NO3/c1-4-15-27-18-22(16-20-7-11-24(12-8-20)29-5-2)26(28)23(19-27)17-21-9-13-25(14-10-21)30-6-3/h7-14,16-17H,4-6,15,18-19H2,1-3H3/b22-16+,23-17+. The molecule has 0 unspecified atom stereocenters. The van der Waals surface area contributed by atoms with Crippen LogP contribution in [0.1, 0.15) is 38.3 Å². The Morgan fingerprint density at radius 3 is 1.57 bits per heavy atom. The van der Waals surface area contributed by atoms with Crippen LogP contribution in [0.4, 0.5) is 0 Å². The van der Waals surface area contributed by atoms with Gasteiger partial charge in [-0.3, -0.25) is 9.69 Å². The summed E-state index contributed by atoms with van der Waals surface area (Å²) in [7, 11) is 0. The lowest BCUT2D eigenvalue weighted by Crippen LogP contribution is -2.38. The third kappa shape index (κ3) is 5.83. The first kappa shape index (κ1) is 21.8. The molecule has 3 rings (SSSR count). The number of carbonyl (C=O) groups excluding carboxylic acids is 1. The number of carbonyl (C=O) groups is 1. The molecule has 1 saturated heterocycles. The van der Waals surface area contributed by atoms with Gasteiger partial charge in [0, 0.05) is 24.2 Å². The highest BCUT2D eigenvalue weighted by molar-refractivity contribution is 6.14. The van der Waals surface area contributed by atoms with Crippen molar-refractivity contribution in [1.29, 1.82) is 0 Å². The van der Waals surface area contributed by atoms with E-state index in [2.05, 4.69) is 11.8 Å². The molecule has 0 spiro atoms. The average molecular weight is 406 g/mol. The molecule has 0 radical (unpaired) electrons. The van der Waals surface area contributed by atoms with Gasteiger partial charge in [0.15, 0.2) is 5.78 Å². The van der Waals surface area contributed by atoms with Crippen LogP contribution in [-0.2, 0) is 4.79 Å². The van der Waals surface area contributed by atoms with Gasteiger partial charge in [0.05, 0.1) is 13.2 Å². The molecule has 0 atom stereocenters. The summed E-state index contributed by atoms with van der Waals surface area (Å²) < 4.78 is 11.0. The van der Waals surface area contributed by atoms with E-state index in [9.17, 15) is 4.79 Å². The number of piperidine rings is 1. The van der Waals surface area contributed by atoms with Crippen LogP contribution in [-0.4, -0.2) is 43.5 Å². The number of hydrogen-bond acceptors (Lipinski definition) is 4. The fraction of sp³-hybridized carbons (Fsp3) is 0.346. The van der Waals surface area contributed by atoms with Gasteiger partial charge in [-0.05, 0) is 74.4 Å². The molecule has 1 heterocycles. The summed E-state index contributed by atoms with van der Waals surface area (Å²) in [4.78, 5) is 15.5. The second-order valence-electron chi connectivity index (χ2n) is 7.38. The van der Waals surface area contributed by atoms with Crippen LogP contribution < -0.4 is 9.47 Å². The van der Waals surface area contributed by atoms with Gasteiger partial charge in [-0.1, -0.05) is 31.2 Å². The van der Waals surface area contributed by atoms with Crippen molar-refractivity contribution in [1.82, 2.24) is 4.90 Å². The summed E-state index contributed by atoms with van der Waals surface area (Å²) in [6, 6.07) is 15.8.